The smallest absolute Gasteiger partial charge is 0.253 e. The Kier molecular flexibility index (Phi) is 4.48. The molecule has 0 heterocycles. The van der Waals surface area contributed by atoms with Crippen LogP contribution in [-0.2, 0) is 13.1 Å². The molecule has 0 spiro atoms. The minimum atomic E-state index is -0.347. The standard InChI is InChI=1S/C16H17FN2O/c1-19(11-13-4-2-3-12(9-13)10-18)16(20)14-5-7-15(17)8-6-14/h2-9H,10-11,18H2,1H3. The molecule has 0 unspecified atom stereocenters. The predicted octanol–water partition coefficient (Wildman–Crippen LogP) is 2.56. The van der Waals surface area contributed by atoms with E-state index in [1.165, 1.54) is 24.3 Å². The van der Waals surface area contributed by atoms with Gasteiger partial charge in [0.15, 0.2) is 0 Å². The van der Waals surface area contributed by atoms with E-state index in [0.29, 0.717) is 18.7 Å². The van der Waals surface area contributed by atoms with Gasteiger partial charge in [-0.3, -0.25) is 4.79 Å². The lowest BCUT2D eigenvalue weighted by molar-refractivity contribution is 0.0785. The van der Waals surface area contributed by atoms with E-state index in [0.717, 1.165) is 11.1 Å². The second kappa shape index (κ2) is 6.30. The summed E-state index contributed by atoms with van der Waals surface area (Å²) in [6, 6.07) is 13.4. The summed E-state index contributed by atoms with van der Waals surface area (Å²) in [5, 5.41) is 0. The summed E-state index contributed by atoms with van der Waals surface area (Å²) in [7, 11) is 1.72. The zero-order chi connectivity index (χ0) is 14.5. The first kappa shape index (κ1) is 14.2. The van der Waals surface area contributed by atoms with Crippen molar-refractivity contribution >= 4 is 5.91 Å². The van der Waals surface area contributed by atoms with Crippen LogP contribution in [0.2, 0.25) is 0 Å². The lowest BCUT2D eigenvalue weighted by Gasteiger charge is -2.17. The van der Waals surface area contributed by atoms with Crippen LogP contribution >= 0.6 is 0 Å². The molecule has 20 heavy (non-hydrogen) atoms. The van der Waals surface area contributed by atoms with Gasteiger partial charge in [-0.2, -0.15) is 0 Å². The molecule has 0 aliphatic carbocycles. The highest BCUT2D eigenvalue weighted by molar-refractivity contribution is 5.93. The van der Waals surface area contributed by atoms with Crippen LogP contribution in [0, 0.1) is 5.82 Å². The first-order chi connectivity index (χ1) is 9.60. The Hall–Kier alpha value is -2.20. The molecule has 0 saturated heterocycles. The fourth-order valence-electron chi connectivity index (χ4n) is 2.01. The van der Waals surface area contributed by atoms with E-state index in [-0.39, 0.29) is 11.7 Å². The van der Waals surface area contributed by atoms with Gasteiger partial charge in [-0.25, -0.2) is 4.39 Å². The lowest BCUT2D eigenvalue weighted by Crippen LogP contribution is -2.26. The van der Waals surface area contributed by atoms with Gasteiger partial charge >= 0.3 is 0 Å². The van der Waals surface area contributed by atoms with Gasteiger partial charge in [0, 0.05) is 25.7 Å². The molecule has 0 radical (unpaired) electrons. The summed E-state index contributed by atoms with van der Waals surface area (Å²) in [6.45, 7) is 0.966. The van der Waals surface area contributed by atoms with Crippen molar-refractivity contribution in [2.45, 2.75) is 13.1 Å². The number of hydrogen-bond acceptors (Lipinski definition) is 2. The molecule has 1 amide bonds. The molecule has 0 aliphatic heterocycles. The predicted molar refractivity (Wildman–Crippen MR) is 76.5 cm³/mol. The highest BCUT2D eigenvalue weighted by Gasteiger charge is 2.12. The van der Waals surface area contributed by atoms with Crippen molar-refractivity contribution in [1.82, 2.24) is 4.90 Å². The summed E-state index contributed by atoms with van der Waals surface area (Å²) in [5.41, 5.74) is 8.13. The Morgan fingerprint density at radius 2 is 1.80 bits per heavy atom. The summed E-state index contributed by atoms with van der Waals surface area (Å²) in [4.78, 5) is 13.8. The number of carbonyl (C=O) groups excluding carboxylic acids is 1. The maximum Gasteiger partial charge on any atom is 0.253 e. The molecule has 104 valence electrons. The van der Waals surface area contributed by atoms with Gasteiger partial charge in [-0.05, 0) is 35.4 Å². The fraction of sp³-hybridized carbons (Fsp3) is 0.188. The van der Waals surface area contributed by atoms with E-state index in [2.05, 4.69) is 0 Å². The Balaban J connectivity index is 2.09. The van der Waals surface area contributed by atoms with Gasteiger partial charge < -0.3 is 10.6 Å². The number of benzene rings is 2. The van der Waals surface area contributed by atoms with E-state index in [1.807, 2.05) is 24.3 Å². The molecule has 0 aromatic heterocycles. The lowest BCUT2D eigenvalue weighted by atomic mass is 10.1. The quantitative estimate of drug-likeness (QED) is 0.929. The molecule has 2 rings (SSSR count). The normalized spacial score (nSPS) is 10.3. The topological polar surface area (TPSA) is 46.3 Å². The van der Waals surface area contributed by atoms with E-state index in [9.17, 15) is 9.18 Å². The molecule has 3 nitrogen and oxygen atoms in total. The molecule has 0 bridgehead atoms. The molecule has 0 atom stereocenters. The maximum atomic E-state index is 12.8. The average Bonchev–Trinajstić information content (AvgIpc) is 2.47. The average molecular weight is 272 g/mol. The van der Waals surface area contributed by atoms with Crippen LogP contribution in [0.25, 0.3) is 0 Å². The number of amides is 1. The van der Waals surface area contributed by atoms with Crippen molar-refractivity contribution in [2.24, 2.45) is 5.73 Å². The van der Waals surface area contributed by atoms with Crippen LogP contribution in [0.5, 0.6) is 0 Å². The molecule has 0 aliphatic rings. The highest BCUT2D eigenvalue weighted by Crippen LogP contribution is 2.11. The molecule has 2 aromatic rings. The Morgan fingerprint density at radius 3 is 2.45 bits per heavy atom. The number of hydrogen-bond donors (Lipinski definition) is 1. The summed E-state index contributed by atoms with van der Waals surface area (Å²) >= 11 is 0. The number of carbonyl (C=O) groups is 1. The molecule has 0 saturated carbocycles. The van der Waals surface area contributed by atoms with Crippen molar-refractivity contribution in [3.05, 3.63) is 71.0 Å². The number of nitrogens with two attached hydrogens (primary N) is 1. The molecule has 4 heteroatoms. The van der Waals surface area contributed by atoms with E-state index < -0.39 is 0 Å². The minimum Gasteiger partial charge on any atom is -0.337 e. The first-order valence-corrected chi connectivity index (χ1v) is 6.39. The summed E-state index contributed by atoms with van der Waals surface area (Å²) in [6.07, 6.45) is 0. The Bertz CT molecular complexity index is 596. The van der Waals surface area contributed by atoms with Gasteiger partial charge in [0.1, 0.15) is 5.82 Å². The Labute approximate surface area is 117 Å². The molecular formula is C16H17FN2O. The van der Waals surface area contributed by atoms with Gasteiger partial charge in [0.25, 0.3) is 5.91 Å². The van der Waals surface area contributed by atoms with Crippen molar-refractivity contribution in [1.29, 1.82) is 0 Å². The number of halogens is 1. The third-order valence-corrected chi connectivity index (χ3v) is 3.08. The van der Waals surface area contributed by atoms with E-state index >= 15 is 0 Å². The van der Waals surface area contributed by atoms with Crippen molar-refractivity contribution in [3.8, 4) is 0 Å². The van der Waals surface area contributed by atoms with Gasteiger partial charge in [0.2, 0.25) is 0 Å². The SMILES string of the molecule is CN(Cc1cccc(CN)c1)C(=O)c1ccc(F)cc1. The largest absolute Gasteiger partial charge is 0.337 e. The van der Waals surface area contributed by atoms with Crippen molar-refractivity contribution in [3.63, 3.8) is 0 Å². The van der Waals surface area contributed by atoms with Gasteiger partial charge in [-0.1, -0.05) is 24.3 Å². The molecule has 2 aromatic carbocycles. The monoisotopic (exact) mass is 272 g/mol. The van der Waals surface area contributed by atoms with Gasteiger partial charge in [0.05, 0.1) is 0 Å². The fourth-order valence-corrected chi connectivity index (χ4v) is 2.01. The van der Waals surface area contributed by atoms with Gasteiger partial charge in [-0.15, -0.1) is 0 Å². The second-order valence-corrected chi connectivity index (χ2v) is 4.69. The van der Waals surface area contributed by atoms with E-state index in [4.69, 9.17) is 5.73 Å². The third-order valence-electron chi connectivity index (χ3n) is 3.08. The highest BCUT2D eigenvalue weighted by atomic mass is 19.1. The third kappa shape index (κ3) is 3.42. The Morgan fingerprint density at radius 1 is 1.15 bits per heavy atom. The molecular weight excluding hydrogens is 255 g/mol. The van der Waals surface area contributed by atoms with Crippen LogP contribution in [-0.4, -0.2) is 17.9 Å². The first-order valence-electron chi connectivity index (χ1n) is 6.39. The van der Waals surface area contributed by atoms with Crippen LogP contribution in [0.1, 0.15) is 21.5 Å². The maximum absolute atomic E-state index is 12.8. The summed E-state index contributed by atoms with van der Waals surface area (Å²) < 4.78 is 12.8. The van der Waals surface area contributed by atoms with Crippen molar-refractivity contribution < 1.29 is 9.18 Å². The summed E-state index contributed by atoms with van der Waals surface area (Å²) in [5.74, 6) is -0.483. The van der Waals surface area contributed by atoms with Crippen LogP contribution in [0.15, 0.2) is 48.5 Å². The number of rotatable bonds is 4. The van der Waals surface area contributed by atoms with Crippen LogP contribution in [0.4, 0.5) is 4.39 Å². The second-order valence-electron chi connectivity index (χ2n) is 4.69. The van der Waals surface area contributed by atoms with Crippen molar-refractivity contribution in [2.75, 3.05) is 7.05 Å². The minimum absolute atomic E-state index is 0.136. The zero-order valence-corrected chi connectivity index (χ0v) is 11.3. The number of nitrogens with zero attached hydrogens (tertiary/aromatic N) is 1. The van der Waals surface area contributed by atoms with E-state index in [1.54, 1.807) is 11.9 Å². The molecule has 2 N–H and O–H groups in total. The molecule has 0 fully saturated rings. The zero-order valence-electron chi connectivity index (χ0n) is 11.3. The van der Waals surface area contributed by atoms with Crippen LogP contribution in [0.3, 0.4) is 0 Å². The van der Waals surface area contributed by atoms with Crippen LogP contribution < -0.4 is 5.73 Å².